The van der Waals surface area contributed by atoms with Gasteiger partial charge >= 0.3 is 0 Å². The first-order valence-corrected chi connectivity index (χ1v) is 8.75. The van der Waals surface area contributed by atoms with Crippen LogP contribution in [0.3, 0.4) is 0 Å². The number of carbonyl (C=O) groups excluding carboxylic acids is 1. The molecule has 1 amide bonds. The monoisotopic (exact) mass is 380 g/mol. The predicted octanol–water partition coefficient (Wildman–Crippen LogP) is 3.30. The lowest BCUT2D eigenvalue weighted by molar-refractivity contribution is -0.122. The van der Waals surface area contributed by atoms with Crippen LogP contribution in [-0.2, 0) is 4.79 Å². The molecule has 1 aliphatic heterocycles. The van der Waals surface area contributed by atoms with Gasteiger partial charge in [0.05, 0.1) is 24.3 Å². The van der Waals surface area contributed by atoms with E-state index in [1.54, 1.807) is 36.4 Å². The van der Waals surface area contributed by atoms with Crippen LogP contribution in [0.4, 0.5) is 10.1 Å². The van der Waals surface area contributed by atoms with Crippen LogP contribution in [-0.4, -0.2) is 33.5 Å². The number of rotatable bonds is 5. The van der Waals surface area contributed by atoms with Gasteiger partial charge in [0.15, 0.2) is 6.10 Å². The number of hydrogen-bond donors (Lipinski definition) is 0. The molecule has 1 atom stereocenters. The van der Waals surface area contributed by atoms with Crippen LogP contribution < -0.4 is 14.4 Å². The number of anilines is 1. The van der Waals surface area contributed by atoms with Crippen molar-refractivity contribution < 1.29 is 18.7 Å². The molecule has 4 rings (SSSR count). The highest BCUT2D eigenvalue weighted by atomic mass is 19.1. The summed E-state index contributed by atoms with van der Waals surface area (Å²) in [6.07, 6.45) is 4.72. The number of amides is 1. The van der Waals surface area contributed by atoms with Gasteiger partial charge < -0.3 is 14.4 Å². The van der Waals surface area contributed by atoms with E-state index in [1.807, 2.05) is 0 Å². The lowest BCUT2D eigenvalue weighted by atomic mass is 10.3. The molecule has 8 heteroatoms. The number of ether oxygens (including phenoxy) is 2. The summed E-state index contributed by atoms with van der Waals surface area (Å²) < 4.78 is 24.3. The minimum Gasteiger partial charge on any atom is -0.479 e. The van der Waals surface area contributed by atoms with E-state index in [9.17, 15) is 9.18 Å². The van der Waals surface area contributed by atoms with Crippen molar-refractivity contribution >= 4 is 11.6 Å². The van der Waals surface area contributed by atoms with Gasteiger partial charge in [-0.2, -0.15) is 0 Å². The third-order valence-electron chi connectivity index (χ3n) is 4.26. The first kappa shape index (κ1) is 17.8. The lowest BCUT2D eigenvalue weighted by Crippen LogP contribution is -2.32. The van der Waals surface area contributed by atoms with Crippen LogP contribution in [0, 0.1) is 12.7 Å². The lowest BCUT2D eigenvalue weighted by Gasteiger charge is -2.16. The standard InChI is InChI=1S/C20H17FN4O3/c1-13-22-10-15(11-23-13)25-9-8-18(20(25)26)27-17-6-7-19(24-12-17)28-16-4-2-14(21)3-5-16/h2-7,10-12,18H,8-9H2,1H3/t18-/m1/s1. The average Bonchev–Trinajstić information content (AvgIpc) is 3.06. The molecule has 0 unspecified atom stereocenters. The first-order chi connectivity index (χ1) is 13.6. The second-order valence-electron chi connectivity index (χ2n) is 6.26. The smallest absolute Gasteiger partial charge is 0.268 e. The van der Waals surface area contributed by atoms with Crippen LogP contribution in [0.15, 0.2) is 55.0 Å². The highest BCUT2D eigenvalue weighted by Crippen LogP contribution is 2.25. The molecular formula is C20H17FN4O3. The summed E-state index contributed by atoms with van der Waals surface area (Å²) in [5, 5.41) is 0. The van der Waals surface area contributed by atoms with Crippen molar-refractivity contribution in [1.82, 2.24) is 15.0 Å². The number of halogens is 1. The van der Waals surface area contributed by atoms with E-state index in [0.29, 0.717) is 41.9 Å². The number of hydrogen-bond acceptors (Lipinski definition) is 6. The van der Waals surface area contributed by atoms with Gasteiger partial charge in [-0.05, 0) is 37.3 Å². The van der Waals surface area contributed by atoms with Crippen molar-refractivity contribution in [2.45, 2.75) is 19.4 Å². The van der Waals surface area contributed by atoms with Crippen molar-refractivity contribution in [2.24, 2.45) is 0 Å². The van der Waals surface area contributed by atoms with Crippen molar-refractivity contribution in [1.29, 1.82) is 0 Å². The Kier molecular flexibility index (Phi) is 4.84. The molecule has 0 aliphatic carbocycles. The Labute approximate surface area is 160 Å². The Bertz CT molecular complexity index is 962. The fraction of sp³-hybridized carbons (Fsp3) is 0.200. The molecule has 1 saturated heterocycles. The zero-order valence-electron chi connectivity index (χ0n) is 15.1. The summed E-state index contributed by atoms with van der Waals surface area (Å²) in [5.74, 6) is 1.46. The van der Waals surface area contributed by atoms with E-state index in [1.165, 1.54) is 30.5 Å². The van der Waals surface area contributed by atoms with E-state index in [0.717, 1.165) is 0 Å². The number of pyridine rings is 1. The summed E-state index contributed by atoms with van der Waals surface area (Å²) >= 11 is 0. The molecule has 0 radical (unpaired) electrons. The summed E-state index contributed by atoms with van der Waals surface area (Å²) in [7, 11) is 0. The average molecular weight is 380 g/mol. The fourth-order valence-electron chi connectivity index (χ4n) is 2.83. The van der Waals surface area contributed by atoms with Crippen molar-refractivity contribution in [3.05, 3.63) is 66.6 Å². The molecule has 1 aromatic carbocycles. The van der Waals surface area contributed by atoms with Crippen molar-refractivity contribution in [2.75, 3.05) is 11.4 Å². The number of nitrogens with zero attached hydrogens (tertiary/aromatic N) is 4. The molecule has 7 nitrogen and oxygen atoms in total. The molecule has 0 bridgehead atoms. The van der Waals surface area contributed by atoms with Gasteiger partial charge in [-0.1, -0.05) is 0 Å². The Balaban J connectivity index is 1.38. The first-order valence-electron chi connectivity index (χ1n) is 8.75. The normalized spacial score (nSPS) is 16.3. The van der Waals surface area contributed by atoms with E-state index in [4.69, 9.17) is 9.47 Å². The van der Waals surface area contributed by atoms with Crippen molar-refractivity contribution in [3.63, 3.8) is 0 Å². The number of aromatic nitrogens is 3. The quantitative estimate of drug-likeness (QED) is 0.676. The van der Waals surface area contributed by atoms with Crippen LogP contribution in [0.25, 0.3) is 0 Å². The number of aryl methyl sites for hydroxylation is 1. The van der Waals surface area contributed by atoms with Crippen LogP contribution in [0.2, 0.25) is 0 Å². The van der Waals surface area contributed by atoms with E-state index >= 15 is 0 Å². The molecule has 2 aromatic heterocycles. The molecule has 0 N–H and O–H groups in total. The maximum Gasteiger partial charge on any atom is 0.268 e. The molecular weight excluding hydrogens is 363 g/mol. The maximum absolute atomic E-state index is 12.9. The molecule has 1 fully saturated rings. The van der Waals surface area contributed by atoms with E-state index in [-0.39, 0.29) is 11.7 Å². The minimum absolute atomic E-state index is 0.140. The zero-order valence-corrected chi connectivity index (χ0v) is 15.1. The molecule has 3 heterocycles. The molecule has 1 aliphatic rings. The SMILES string of the molecule is Cc1ncc(N2CC[C@@H](Oc3ccc(Oc4ccc(F)cc4)nc3)C2=O)cn1. The van der Waals surface area contributed by atoms with Crippen LogP contribution >= 0.6 is 0 Å². The largest absolute Gasteiger partial charge is 0.479 e. The third-order valence-corrected chi connectivity index (χ3v) is 4.26. The van der Waals surface area contributed by atoms with Gasteiger partial charge in [0.25, 0.3) is 5.91 Å². The highest BCUT2D eigenvalue weighted by Gasteiger charge is 2.34. The number of benzene rings is 1. The molecule has 0 saturated carbocycles. The highest BCUT2D eigenvalue weighted by molar-refractivity contribution is 5.98. The number of carbonyl (C=O) groups is 1. The molecule has 142 valence electrons. The van der Waals surface area contributed by atoms with Gasteiger partial charge in [-0.15, -0.1) is 0 Å². The second kappa shape index (κ2) is 7.59. The summed E-state index contributed by atoms with van der Waals surface area (Å²) in [4.78, 5) is 26.6. The van der Waals surface area contributed by atoms with E-state index in [2.05, 4.69) is 15.0 Å². The Morgan fingerprint density at radius 3 is 2.39 bits per heavy atom. The van der Waals surface area contributed by atoms with Gasteiger partial charge in [-0.3, -0.25) is 4.79 Å². The molecule has 3 aromatic rings. The third kappa shape index (κ3) is 3.90. The molecule has 0 spiro atoms. The summed E-state index contributed by atoms with van der Waals surface area (Å²) in [5.41, 5.74) is 0.655. The maximum atomic E-state index is 12.9. The minimum atomic E-state index is -0.591. The summed E-state index contributed by atoms with van der Waals surface area (Å²) in [6, 6.07) is 8.96. The van der Waals surface area contributed by atoms with Gasteiger partial charge in [0, 0.05) is 19.0 Å². The van der Waals surface area contributed by atoms with Crippen LogP contribution in [0.1, 0.15) is 12.2 Å². The topological polar surface area (TPSA) is 77.4 Å². The van der Waals surface area contributed by atoms with Gasteiger partial charge in [-0.25, -0.2) is 19.3 Å². The Hall–Kier alpha value is -3.55. The van der Waals surface area contributed by atoms with E-state index < -0.39 is 6.10 Å². The second-order valence-corrected chi connectivity index (χ2v) is 6.26. The van der Waals surface area contributed by atoms with Gasteiger partial charge in [0.2, 0.25) is 5.88 Å². The Morgan fingerprint density at radius 2 is 1.71 bits per heavy atom. The zero-order chi connectivity index (χ0) is 19.5. The predicted molar refractivity (Wildman–Crippen MR) is 98.9 cm³/mol. The van der Waals surface area contributed by atoms with Crippen LogP contribution in [0.5, 0.6) is 17.4 Å². The molecule has 28 heavy (non-hydrogen) atoms. The van der Waals surface area contributed by atoms with Gasteiger partial charge in [0.1, 0.15) is 23.1 Å². The fourth-order valence-corrected chi connectivity index (χ4v) is 2.83. The van der Waals surface area contributed by atoms with Crippen molar-refractivity contribution in [3.8, 4) is 17.4 Å². The summed E-state index contributed by atoms with van der Waals surface area (Å²) in [6.45, 7) is 2.33. The Morgan fingerprint density at radius 1 is 1.00 bits per heavy atom.